The van der Waals surface area contributed by atoms with Crippen molar-refractivity contribution in [2.24, 2.45) is 11.8 Å². The van der Waals surface area contributed by atoms with Crippen molar-refractivity contribution < 1.29 is 22.6 Å². The molecule has 2 bridgehead atoms. The number of hydrogen-bond acceptors (Lipinski definition) is 8. The van der Waals surface area contributed by atoms with Gasteiger partial charge in [0.2, 0.25) is 17.6 Å². The average molecular weight is 502 g/mol. The van der Waals surface area contributed by atoms with Gasteiger partial charge >= 0.3 is 0 Å². The second-order valence-corrected chi connectivity index (χ2v) is 9.57. The molecule has 9 nitrogen and oxygen atoms in total. The second kappa shape index (κ2) is 9.14. The van der Waals surface area contributed by atoms with Gasteiger partial charge in [0.1, 0.15) is 0 Å². The summed E-state index contributed by atoms with van der Waals surface area (Å²) in [5, 5.41) is 16.2. The third kappa shape index (κ3) is 4.07. The van der Waals surface area contributed by atoms with Crippen molar-refractivity contribution in [2.75, 3.05) is 30.4 Å². The highest BCUT2D eigenvalue weighted by Gasteiger charge is 2.43. The first-order valence-electron chi connectivity index (χ1n) is 12.1. The largest absolute Gasteiger partial charge is 0.480 e. The van der Waals surface area contributed by atoms with Gasteiger partial charge in [-0.1, -0.05) is 0 Å². The number of aromatic nitrogens is 5. The lowest BCUT2D eigenvalue weighted by Crippen LogP contribution is -2.48. The van der Waals surface area contributed by atoms with Gasteiger partial charge in [0, 0.05) is 31.7 Å². The van der Waals surface area contributed by atoms with Gasteiger partial charge < -0.3 is 19.7 Å². The number of benzene rings is 1. The Hall–Kier alpha value is -3.57. The molecule has 190 valence electrons. The maximum atomic E-state index is 14.2. The summed E-state index contributed by atoms with van der Waals surface area (Å²) in [7, 11) is 1.58. The summed E-state index contributed by atoms with van der Waals surface area (Å²) in [6, 6.07) is 4.09. The van der Waals surface area contributed by atoms with Crippen LogP contribution >= 0.6 is 0 Å². The summed E-state index contributed by atoms with van der Waals surface area (Å²) in [5.41, 5.74) is 0.997. The molecule has 12 heteroatoms. The first-order valence-corrected chi connectivity index (χ1v) is 12.1. The van der Waals surface area contributed by atoms with Crippen LogP contribution in [0, 0.1) is 29.3 Å². The Morgan fingerprint density at radius 3 is 2.64 bits per heavy atom. The molecule has 0 unspecified atom stereocenters. The lowest BCUT2D eigenvalue weighted by Gasteiger charge is -2.39. The molecule has 1 aromatic carbocycles. The highest BCUT2D eigenvalue weighted by molar-refractivity contribution is 5.48. The van der Waals surface area contributed by atoms with E-state index in [0.29, 0.717) is 42.5 Å². The fourth-order valence-corrected chi connectivity index (χ4v) is 5.67. The first kappa shape index (κ1) is 22.9. The van der Waals surface area contributed by atoms with E-state index in [1.54, 1.807) is 18.0 Å². The van der Waals surface area contributed by atoms with E-state index in [1.165, 1.54) is 0 Å². The van der Waals surface area contributed by atoms with Crippen molar-refractivity contribution >= 4 is 11.6 Å². The normalized spacial score (nSPS) is 24.9. The average Bonchev–Trinajstić information content (AvgIpc) is 3.40. The minimum Gasteiger partial charge on any atom is -0.480 e. The molecule has 1 saturated heterocycles. The number of hydrogen-bond donors (Lipinski definition) is 1. The molecule has 4 heterocycles. The molecular formula is C24H26F3N7O2. The number of nitrogens with zero attached hydrogens (tertiary/aromatic N) is 6. The summed E-state index contributed by atoms with van der Waals surface area (Å²) >= 11 is 0. The van der Waals surface area contributed by atoms with E-state index in [2.05, 4.69) is 30.5 Å². The third-order valence-corrected chi connectivity index (χ3v) is 7.42. The topological polar surface area (TPSA) is 90.2 Å². The lowest BCUT2D eigenvalue weighted by atomic mass is 9.92. The summed E-state index contributed by atoms with van der Waals surface area (Å²) in [6.45, 7) is 2.40. The molecule has 1 aliphatic carbocycles. The van der Waals surface area contributed by atoms with Gasteiger partial charge in [-0.05, 0) is 49.7 Å². The quantitative estimate of drug-likeness (QED) is 0.511. The Morgan fingerprint density at radius 1 is 1.06 bits per heavy atom. The predicted molar refractivity (Wildman–Crippen MR) is 123 cm³/mol. The maximum Gasteiger partial charge on any atom is 0.242 e. The van der Waals surface area contributed by atoms with Crippen LogP contribution in [0.25, 0.3) is 0 Å². The van der Waals surface area contributed by atoms with E-state index in [0.717, 1.165) is 50.2 Å². The van der Waals surface area contributed by atoms with E-state index in [4.69, 9.17) is 9.47 Å². The molecule has 0 amide bonds. The van der Waals surface area contributed by atoms with Crippen LogP contribution < -0.4 is 19.7 Å². The zero-order chi connectivity index (χ0) is 24.8. The second-order valence-electron chi connectivity index (χ2n) is 9.57. The van der Waals surface area contributed by atoms with Gasteiger partial charge in [0.05, 0.1) is 19.0 Å². The molecule has 3 aliphatic rings. The van der Waals surface area contributed by atoms with Crippen LogP contribution in [0.4, 0.5) is 24.8 Å². The number of aryl methyl sites for hydroxylation is 1. The smallest absolute Gasteiger partial charge is 0.242 e. The van der Waals surface area contributed by atoms with Crippen molar-refractivity contribution in [1.29, 1.82) is 0 Å². The van der Waals surface area contributed by atoms with E-state index in [1.807, 2.05) is 6.07 Å². The number of rotatable bonds is 6. The molecule has 0 radical (unpaired) electrons. The van der Waals surface area contributed by atoms with Crippen molar-refractivity contribution in [2.45, 2.75) is 44.4 Å². The van der Waals surface area contributed by atoms with E-state index < -0.39 is 23.6 Å². The summed E-state index contributed by atoms with van der Waals surface area (Å²) in [4.78, 5) is 6.99. The van der Waals surface area contributed by atoms with Gasteiger partial charge in [-0.25, -0.2) is 13.5 Å². The summed E-state index contributed by atoms with van der Waals surface area (Å²) < 4.78 is 53.9. The number of piperidine rings is 1. The molecule has 36 heavy (non-hydrogen) atoms. The minimum atomic E-state index is -1.55. The molecule has 2 fully saturated rings. The van der Waals surface area contributed by atoms with Crippen molar-refractivity contribution in [3.63, 3.8) is 0 Å². The van der Waals surface area contributed by atoms with Crippen molar-refractivity contribution in [3.8, 4) is 11.6 Å². The van der Waals surface area contributed by atoms with Crippen LogP contribution in [0.5, 0.6) is 11.6 Å². The van der Waals surface area contributed by atoms with Gasteiger partial charge in [0.25, 0.3) is 0 Å². The highest BCUT2D eigenvalue weighted by Crippen LogP contribution is 2.40. The summed E-state index contributed by atoms with van der Waals surface area (Å²) in [6.07, 6.45) is 4.68. The van der Waals surface area contributed by atoms with Gasteiger partial charge in [-0.15, -0.1) is 10.2 Å². The molecule has 1 N–H and O–H groups in total. The zero-order valence-corrected chi connectivity index (χ0v) is 19.7. The van der Waals surface area contributed by atoms with E-state index >= 15 is 0 Å². The Bertz CT molecular complexity index is 1260. The van der Waals surface area contributed by atoms with Crippen LogP contribution in [-0.4, -0.2) is 51.2 Å². The van der Waals surface area contributed by atoms with Crippen LogP contribution in [0.15, 0.2) is 24.4 Å². The summed E-state index contributed by atoms with van der Waals surface area (Å²) in [5.74, 6) is -2.10. The van der Waals surface area contributed by atoms with E-state index in [-0.39, 0.29) is 11.8 Å². The fourth-order valence-electron chi connectivity index (χ4n) is 5.67. The Labute approximate surface area is 205 Å². The maximum absolute atomic E-state index is 14.2. The molecule has 3 aromatic rings. The van der Waals surface area contributed by atoms with E-state index in [9.17, 15) is 13.2 Å². The number of fused-ring (bicyclic) bond motifs is 3. The molecule has 1 saturated carbocycles. The number of anilines is 2. The minimum absolute atomic E-state index is 0.227. The van der Waals surface area contributed by atoms with Gasteiger partial charge in [-0.2, -0.15) is 14.5 Å². The fraction of sp³-hybridized carbons (Fsp3) is 0.500. The molecule has 2 aromatic heterocycles. The highest BCUT2D eigenvalue weighted by atomic mass is 19.2. The monoisotopic (exact) mass is 501 g/mol. The zero-order valence-electron chi connectivity index (χ0n) is 19.7. The van der Waals surface area contributed by atoms with Crippen molar-refractivity contribution in [1.82, 2.24) is 25.0 Å². The standard InChI is InChI=1S/C24H26F3N7O2/c1-35-19-9-15(10-28-31-19)33-11-13-4-5-14(12-33)22(13)29-24-30-23-18(3-2-8-34(23)32-24)36-17-7-6-16(25)20(26)21(17)27/h6-7,9-10,13-14,18,22H,2-5,8,11-12H2,1H3,(H,29,32)/t13-,14+,18-,22-/m0/s1. The van der Waals surface area contributed by atoms with Crippen molar-refractivity contribution in [3.05, 3.63) is 47.7 Å². The molecular weight excluding hydrogens is 475 g/mol. The molecule has 0 spiro atoms. The van der Waals surface area contributed by atoms with Crippen LogP contribution in [0.3, 0.4) is 0 Å². The Balaban J connectivity index is 1.17. The third-order valence-electron chi connectivity index (χ3n) is 7.42. The Morgan fingerprint density at radius 2 is 1.86 bits per heavy atom. The van der Waals surface area contributed by atoms with Crippen LogP contribution in [0.1, 0.15) is 37.6 Å². The molecule has 4 atom stereocenters. The number of ether oxygens (including phenoxy) is 2. The first-order chi connectivity index (χ1) is 17.5. The van der Waals surface area contributed by atoms with Gasteiger partial charge in [0.15, 0.2) is 29.3 Å². The number of methoxy groups -OCH3 is 1. The molecule has 2 aliphatic heterocycles. The van der Waals surface area contributed by atoms with Crippen LogP contribution in [0.2, 0.25) is 0 Å². The van der Waals surface area contributed by atoms with Gasteiger partial charge in [-0.3, -0.25) is 0 Å². The van der Waals surface area contributed by atoms with Crippen LogP contribution in [-0.2, 0) is 6.54 Å². The number of nitrogens with one attached hydrogen (secondary N) is 1. The SMILES string of the molecule is COc1cc(N2C[C@H]3CC[C@@H](C2)[C@@H]3Nc2nc3n(n2)CCC[C@@H]3Oc2ccc(F)c(F)c2F)cnn1. The Kier molecular flexibility index (Phi) is 5.81. The lowest BCUT2D eigenvalue weighted by molar-refractivity contribution is 0.147. The number of halogens is 3. The molecule has 6 rings (SSSR count). The predicted octanol–water partition coefficient (Wildman–Crippen LogP) is 3.73.